The normalized spacial score (nSPS) is 10.9. The van der Waals surface area contributed by atoms with Crippen LogP contribution < -0.4 is 9.46 Å². The number of carboxylic acids is 1. The van der Waals surface area contributed by atoms with Gasteiger partial charge in [-0.25, -0.2) is 13.2 Å². The number of rotatable bonds is 5. The summed E-state index contributed by atoms with van der Waals surface area (Å²) in [6, 6.07) is 3.92. The minimum absolute atomic E-state index is 0.0290. The van der Waals surface area contributed by atoms with Crippen molar-refractivity contribution >= 4 is 21.7 Å². The third kappa shape index (κ3) is 3.35. The van der Waals surface area contributed by atoms with E-state index in [1.807, 2.05) is 0 Å². The Bertz CT molecular complexity index is 523. The van der Waals surface area contributed by atoms with Gasteiger partial charge in [0.05, 0.1) is 24.1 Å². The Balaban J connectivity index is 3.14. The highest BCUT2D eigenvalue weighted by Crippen LogP contribution is 2.26. The fraction of sp³-hybridized carbons (Fsp3) is 0.300. The Kier molecular flexibility index (Phi) is 3.95. The van der Waals surface area contributed by atoms with Gasteiger partial charge in [0.25, 0.3) is 0 Å². The Morgan fingerprint density at radius 1 is 1.47 bits per heavy atom. The number of ether oxygens (including phenoxy) is 1. The van der Waals surface area contributed by atoms with Gasteiger partial charge in [0.2, 0.25) is 10.0 Å². The monoisotopic (exact) mass is 259 g/mol. The third-order valence-electron chi connectivity index (χ3n) is 2.09. The van der Waals surface area contributed by atoms with Gasteiger partial charge in [0.1, 0.15) is 5.75 Å². The molecule has 0 bridgehead atoms. The van der Waals surface area contributed by atoms with Crippen LogP contribution in [0.4, 0.5) is 5.69 Å². The van der Waals surface area contributed by atoms with Crippen LogP contribution in [0.1, 0.15) is 17.3 Å². The second kappa shape index (κ2) is 5.05. The van der Waals surface area contributed by atoms with Crippen LogP contribution in [0.3, 0.4) is 0 Å². The maximum Gasteiger partial charge on any atom is 0.335 e. The molecule has 0 fully saturated rings. The maximum atomic E-state index is 11.4. The quantitative estimate of drug-likeness (QED) is 0.827. The van der Waals surface area contributed by atoms with E-state index in [4.69, 9.17) is 9.84 Å². The van der Waals surface area contributed by atoms with Gasteiger partial charge in [-0.15, -0.1) is 0 Å². The fourth-order valence-corrected chi connectivity index (χ4v) is 1.80. The van der Waals surface area contributed by atoms with Gasteiger partial charge in [-0.1, -0.05) is 0 Å². The van der Waals surface area contributed by atoms with E-state index in [-0.39, 0.29) is 22.8 Å². The summed E-state index contributed by atoms with van der Waals surface area (Å²) < 4.78 is 30.0. The van der Waals surface area contributed by atoms with Crippen molar-refractivity contribution in [2.45, 2.75) is 6.92 Å². The first kappa shape index (κ1) is 13.3. The number of methoxy groups -OCH3 is 1. The highest BCUT2D eigenvalue weighted by molar-refractivity contribution is 7.92. The lowest BCUT2D eigenvalue weighted by atomic mass is 10.2. The van der Waals surface area contributed by atoms with Gasteiger partial charge in [-0.2, -0.15) is 0 Å². The Morgan fingerprint density at radius 2 is 2.12 bits per heavy atom. The standard InChI is InChI=1S/C10H13NO5S/c1-3-17(14,15)11-8-5-4-7(10(12)13)6-9(8)16-2/h4-6,11H,3H2,1-2H3,(H,12,13). The molecule has 0 atom stereocenters. The summed E-state index contributed by atoms with van der Waals surface area (Å²) in [6.07, 6.45) is 0. The van der Waals surface area contributed by atoms with Crippen molar-refractivity contribution in [1.29, 1.82) is 0 Å². The minimum atomic E-state index is -3.42. The third-order valence-corrected chi connectivity index (χ3v) is 3.38. The molecule has 6 nitrogen and oxygen atoms in total. The average Bonchev–Trinajstić information content (AvgIpc) is 2.29. The van der Waals surface area contributed by atoms with Crippen LogP contribution in [0.25, 0.3) is 0 Å². The largest absolute Gasteiger partial charge is 0.495 e. The van der Waals surface area contributed by atoms with Gasteiger partial charge in [-0.05, 0) is 25.1 Å². The number of benzene rings is 1. The summed E-state index contributed by atoms with van der Waals surface area (Å²) >= 11 is 0. The van der Waals surface area contributed by atoms with Crippen molar-refractivity contribution in [3.63, 3.8) is 0 Å². The zero-order valence-corrected chi connectivity index (χ0v) is 10.2. The Labute approximate surface area is 99.3 Å². The predicted octanol–water partition coefficient (Wildman–Crippen LogP) is 1.16. The first-order valence-corrected chi connectivity index (χ1v) is 6.46. The van der Waals surface area contributed by atoms with E-state index >= 15 is 0 Å². The molecule has 1 rings (SSSR count). The summed E-state index contributed by atoms with van der Waals surface area (Å²) in [4.78, 5) is 10.7. The molecular weight excluding hydrogens is 246 g/mol. The fourth-order valence-electron chi connectivity index (χ4n) is 1.15. The van der Waals surface area contributed by atoms with Crippen LogP contribution in [-0.4, -0.2) is 32.4 Å². The van der Waals surface area contributed by atoms with Crippen molar-refractivity contribution in [2.75, 3.05) is 17.6 Å². The number of aromatic carboxylic acids is 1. The second-order valence-electron chi connectivity index (χ2n) is 3.23. The van der Waals surface area contributed by atoms with Crippen molar-refractivity contribution in [3.8, 4) is 5.75 Å². The number of hydrogen-bond acceptors (Lipinski definition) is 4. The predicted molar refractivity (Wildman–Crippen MR) is 63.0 cm³/mol. The lowest BCUT2D eigenvalue weighted by molar-refractivity contribution is 0.0696. The average molecular weight is 259 g/mol. The van der Waals surface area contributed by atoms with Crippen LogP contribution in [0.2, 0.25) is 0 Å². The van der Waals surface area contributed by atoms with E-state index in [0.717, 1.165) is 0 Å². The van der Waals surface area contributed by atoms with E-state index in [0.29, 0.717) is 0 Å². The maximum absolute atomic E-state index is 11.4. The van der Waals surface area contributed by atoms with Gasteiger partial charge in [0, 0.05) is 0 Å². The number of anilines is 1. The summed E-state index contributed by atoms with van der Waals surface area (Å²) in [7, 11) is -2.08. The highest BCUT2D eigenvalue weighted by atomic mass is 32.2. The van der Waals surface area contributed by atoms with Crippen LogP contribution in [0.15, 0.2) is 18.2 Å². The molecule has 0 unspecified atom stereocenters. The van der Waals surface area contributed by atoms with Gasteiger partial charge in [-0.3, -0.25) is 4.72 Å². The molecular formula is C10H13NO5S. The lowest BCUT2D eigenvalue weighted by Gasteiger charge is -2.11. The molecule has 0 heterocycles. The zero-order chi connectivity index (χ0) is 13.1. The summed E-state index contributed by atoms with van der Waals surface area (Å²) in [5.41, 5.74) is 0.251. The summed E-state index contributed by atoms with van der Waals surface area (Å²) in [5, 5.41) is 8.78. The van der Waals surface area contributed by atoms with E-state index in [9.17, 15) is 13.2 Å². The van der Waals surface area contributed by atoms with Gasteiger partial charge >= 0.3 is 5.97 Å². The van der Waals surface area contributed by atoms with E-state index < -0.39 is 16.0 Å². The van der Waals surface area contributed by atoms with Crippen LogP contribution in [0, 0.1) is 0 Å². The van der Waals surface area contributed by atoms with E-state index in [1.165, 1.54) is 32.2 Å². The SMILES string of the molecule is CCS(=O)(=O)Nc1ccc(C(=O)O)cc1OC. The van der Waals surface area contributed by atoms with Crippen LogP contribution in [-0.2, 0) is 10.0 Å². The lowest BCUT2D eigenvalue weighted by Crippen LogP contribution is -2.15. The molecule has 0 aromatic heterocycles. The molecule has 1 aromatic rings. The topological polar surface area (TPSA) is 92.7 Å². The molecule has 0 aliphatic heterocycles. The van der Waals surface area contributed by atoms with Crippen molar-refractivity contribution in [3.05, 3.63) is 23.8 Å². The molecule has 0 amide bonds. The number of hydrogen-bond donors (Lipinski definition) is 2. The molecule has 0 radical (unpaired) electrons. The molecule has 0 saturated heterocycles. The van der Waals surface area contributed by atoms with E-state index in [1.54, 1.807) is 0 Å². The number of carbonyl (C=O) groups is 1. The van der Waals surface area contributed by atoms with Crippen molar-refractivity contribution in [1.82, 2.24) is 0 Å². The molecule has 0 aliphatic carbocycles. The van der Waals surface area contributed by atoms with Gasteiger partial charge < -0.3 is 9.84 Å². The van der Waals surface area contributed by atoms with Gasteiger partial charge in [0.15, 0.2) is 0 Å². The van der Waals surface area contributed by atoms with Crippen LogP contribution in [0.5, 0.6) is 5.75 Å². The molecule has 1 aromatic carbocycles. The number of carboxylic acid groups (broad SMARTS) is 1. The first-order valence-electron chi connectivity index (χ1n) is 4.81. The summed E-state index contributed by atoms with van der Waals surface area (Å²) in [6.45, 7) is 1.50. The second-order valence-corrected chi connectivity index (χ2v) is 5.24. The number of nitrogens with one attached hydrogen (secondary N) is 1. The first-order chi connectivity index (χ1) is 7.89. The minimum Gasteiger partial charge on any atom is -0.495 e. The Hall–Kier alpha value is -1.76. The molecule has 94 valence electrons. The van der Waals surface area contributed by atoms with Crippen LogP contribution >= 0.6 is 0 Å². The molecule has 17 heavy (non-hydrogen) atoms. The van der Waals surface area contributed by atoms with E-state index in [2.05, 4.69) is 4.72 Å². The summed E-state index contributed by atoms with van der Waals surface area (Å²) in [5.74, 6) is -1.01. The van der Waals surface area contributed by atoms with Crippen molar-refractivity contribution in [2.24, 2.45) is 0 Å². The van der Waals surface area contributed by atoms with Crippen molar-refractivity contribution < 1.29 is 23.1 Å². The molecule has 7 heteroatoms. The molecule has 2 N–H and O–H groups in total. The highest BCUT2D eigenvalue weighted by Gasteiger charge is 2.13. The molecule has 0 aliphatic rings. The molecule has 0 saturated carbocycles. The smallest absolute Gasteiger partial charge is 0.335 e. The number of sulfonamides is 1. The Morgan fingerprint density at radius 3 is 2.59 bits per heavy atom. The zero-order valence-electron chi connectivity index (χ0n) is 9.43. The molecule has 0 spiro atoms.